The zero-order chi connectivity index (χ0) is 8.65. The van der Waals surface area contributed by atoms with Crippen molar-refractivity contribution in [3.8, 4) is 0 Å². The Hall–Kier alpha value is 0.00948. The monoisotopic (exact) mass is 211 g/mol. The molecule has 2 fully saturated rings. The van der Waals surface area contributed by atoms with E-state index in [1.165, 1.54) is 0 Å². The molecule has 0 atom stereocenters. The number of nitrogens with zero attached hydrogens (tertiary/aromatic N) is 1. The second-order valence-corrected chi connectivity index (χ2v) is 2.22. The molecule has 0 aromatic heterocycles. The van der Waals surface area contributed by atoms with Crippen LogP contribution >= 0.6 is 0 Å². The van der Waals surface area contributed by atoms with Gasteiger partial charge in [-0.05, 0) is 44.9 Å². The van der Waals surface area contributed by atoms with Gasteiger partial charge in [0.05, 0.1) is 12.8 Å². The molecule has 0 amide bonds. The minimum absolute atomic E-state index is 0. The Morgan fingerprint density at radius 1 is 0.769 bits per heavy atom. The Labute approximate surface area is 92.6 Å². The van der Waals surface area contributed by atoms with E-state index < -0.39 is 0 Å². The maximum Gasteiger partial charge on any atom is 2.00 e. The van der Waals surface area contributed by atoms with Crippen LogP contribution in [-0.4, -0.2) is 0 Å². The van der Waals surface area contributed by atoms with Crippen molar-refractivity contribution in [2.24, 2.45) is 0 Å². The third-order valence-electron chi connectivity index (χ3n) is 1.33. The molecule has 0 N–H and O–H groups in total. The number of hydrogen-bond donors (Lipinski definition) is 0. The fourth-order valence-corrected chi connectivity index (χ4v) is 0.759. The molecule has 0 aromatic rings. The molecule has 0 unspecified atom stereocenters. The Morgan fingerprint density at radius 3 is 1.38 bits per heavy atom. The summed E-state index contributed by atoms with van der Waals surface area (Å²) in [6.07, 6.45) is 17.3. The Balaban J connectivity index is 0.000000215. The van der Waals surface area contributed by atoms with Gasteiger partial charge in [-0.25, -0.2) is 6.57 Å². The van der Waals surface area contributed by atoms with E-state index in [0.717, 1.165) is 6.04 Å². The van der Waals surface area contributed by atoms with Gasteiger partial charge in [0, 0.05) is 0 Å². The first-order valence-corrected chi connectivity index (χ1v) is 3.69. The molecule has 2 heteroatoms. The second kappa shape index (κ2) is 8.60. The van der Waals surface area contributed by atoms with Gasteiger partial charge in [-0.3, -0.25) is 0 Å². The van der Waals surface area contributed by atoms with Crippen LogP contribution in [0.5, 0.6) is 0 Å². The van der Waals surface area contributed by atoms with Crippen LogP contribution < -0.4 is 0 Å². The van der Waals surface area contributed by atoms with Gasteiger partial charge >= 0.3 is 23.1 Å². The molecule has 13 heavy (non-hydrogen) atoms. The van der Waals surface area contributed by atoms with Crippen molar-refractivity contribution in [1.82, 2.24) is 0 Å². The molecule has 2 aliphatic carbocycles. The van der Waals surface area contributed by atoms with Crippen molar-refractivity contribution < 1.29 is 17.1 Å². The van der Waals surface area contributed by atoms with Crippen LogP contribution in [0.15, 0.2) is 0 Å². The first-order valence-electron chi connectivity index (χ1n) is 3.69. The van der Waals surface area contributed by atoms with E-state index in [9.17, 15) is 0 Å². The quantitative estimate of drug-likeness (QED) is 0.427. The van der Waals surface area contributed by atoms with Crippen molar-refractivity contribution in [3.05, 3.63) is 75.2 Å². The molecule has 0 saturated heterocycles. The van der Waals surface area contributed by atoms with Gasteiger partial charge in [0.2, 0.25) is 0 Å². The first-order chi connectivity index (χ1) is 5.93. The van der Waals surface area contributed by atoms with Crippen LogP contribution in [0.2, 0.25) is 0 Å². The number of rotatable bonds is 0. The van der Waals surface area contributed by atoms with E-state index in [1.54, 1.807) is 12.8 Å². The smallest absolute Gasteiger partial charge is 0.301 e. The molecule has 10 radical (unpaired) electrons. The topological polar surface area (TPSA) is 4.36 Å². The van der Waals surface area contributed by atoms with E-state index >= 15 is 0 Å². The van der Waals surface area contributed by atoms with Crippen LogP contribution in [0.4, 0.5) is 0 Å². The largest absolute Gasteiger partial charge is 2.00 e. The summed E-state index contributed by atoms with van der Waals surface area (Å²) in [5, 5.41) is 0. The average molecular weight is 211 g/mol. The first kappa shape index (κ1) is 13.0. The van der Waals surface area contributed by atoms with Gasteiger partial charge in [-0.1, -0.05) is 0 Å². The summed E-state index contributed by atoms with van der Waals surface area (Å²) in [4.78, 5) is 3.18. The van der Waals surface area contributed by atoms with Crippen molar-refractivity contribution >= 4 is 0 Å². The molecule has 2 rings (SSSR count). The van der Waals surface area contributed by atoms with Crippen LogP contribution in [0.3, 0.4) is 0 Å². The summed E-state index contributed by atoms with van der Waals surface area (Å²) in [7, 11) is 0. The van der Waals surface area contributed by atoms with Gasteiger partial charge in [-0.15, -0.1) is 0 Å². The summed E-state index contributed by atoms with van der Waals surface area (Å²) >= 11 is 0. The van der Waals surface area contributed by atoms with Crippen LogP contribution in [-0.2, 0) is 17.1 Å². The minimum Gasteiger partial charge on any atom is -0.301 e. The molecule has 0 heterocycles. The van der Waals surface area contributed by atoms with Crippen molar-refractivity contribution in [1.29, 1.82) is 0 Å². The zero-order valence-electron chi connectivity index (χ0n) is 7.00. The van der Waals surface area contributed by atoms with Crippen molar-refractivity contribution in [2.45, 2.75) is 0 Å². The molecule has 0 spiro atoms. The Bertz CT molecular complexity index is 133. The molecule has 1 nitrogen and oxygen atoms in total. The van der Waals surface area contributed by atoms with Crippen LogP contribution in [0.1, 0.15) is 0 Å². The Kier molecular flexibility index (Phi) is 8.61. The van der Waals surface area contributed by atoms with Crippen LogP contribution in [0.25, 0.3) is 4.85 Å². The van der Waals surface area contributed by atoms with Gasteiger partial charge in [0.1, 0.15) is 0 Å². The van der Waals surface area contributed by atoms with Crippen LogP contribution in [0, 0.1) is 70.4 Å². The molecule has 2 aliphatic rings. The van der Waals surface area contributed by atoms with E-state index in [-0.39, 0.29) is 17.1 Å². The summed E-state index contributed by atoms with van der Waals surface area (Å²) in [5.41, 5.74) is 0. The minimum atomic E-state index is 0. The molecule has 0 bridgehead atoms. The second-order valence-electron chi connectivity index (χ2n) is 2.22. The summed E-state index contributed by atoms with van der Waals surface area (Å²) in [5.74, 6) is 0. The molecule has 0 aliphatic heterocycles. The number of hydrogen-bond acceptors (Lipinski definition) is 0. The fourth-order valence-electron chi connectivity index (χ4n) is 0.759. The molecule has 2 saturated carbocycles. The van der Waals surface area contributed by atoms with Gasteiger partial charge in [0.15, 0.2) is 0 Å². The SMILES string of the molecule is [C-]#[N+][C]1[CH][CH][CH][CH]1.[CH]1[CH][CH][CH][CH]1.[Fe+2]. The summed E-state index contributed by atoms with van der Waals surface area (Å²) < 4.78 is 0. The Morgan fingerprint density at radius 2 is 1.15 bits per heavy atom. The molecule has 64 valence electrons. The predicted molar refractivity (Wildman–Crippen MR) is 48.5 cm³/mol. The molecule has 0 aromatic carbocycles. The molecular formula is C11H9FeN+2. The van der Waals surface area contributed by atoms with E-state index in [0.29, 0.717) is 0 Å². The maximum absolute atomic E-state index is 6.49. The summed E-state index contributed by atoms with van der Waals surface area (Å²) in [6.45, 7) is 6.49. The van der Waals surface area contributed by atoms with Crippen molar-refractivity contribution in [2.75, 3.05) is 0 Å². The van der Waals surface area contributed by atoms with Gasteiger partial charge in [-0.2, -0.15) is 0 Å². The third kappa shape index (κ3) is 6.13. The average Bonchev–Trinajstić information content (AvgIpc) is 2.81. The molecular weight excluding hydrogens is 202 g/mol. The predicted octanol–water partition coefficient (Wildman–Crippen LogP) is 2.29. The zero-order valence-corrected chi connectivity index (χ0v) is 8.10. The summed E-state index contributed by atoms with van der Waals surface area (Å²) in [6, 6.07) is 0.722. The van der Waals surface area contributed by atoms with Gasteiger partial charge < -0.3 is 4.85 Å². The van der Waals surface area contributed by atoms with Gasteiger partial charge in [0.25, 0.3) is 0 Å². The normalized spacial score (nSPS) is 21.2. The van der Waals surface area contributed by atoms with E-state index in [4.69, 9.17) is 6.57 Å². The standard InChI is InChI=1S/C6H4N.C5H5.Fe/c1-7-6-4-2-3-5-6;1-2-4-5-3-1;/h2-5H;1-5H;/q;;+2. The third-order valence-corrected chi connectivity index (χ3v) is 1.33. The fraction of sp³-hybridized carbons (Fsp3) is 0. The van der Waals surface area contributed by atoms with Crippen molar-refractivity contribution in [3.63, 3.8) is 0 Å². The van der Waals surface area contributed by atoms with E-state index in [2.05, 4.69) is 4.85 Å². The maximum atomic E-state index is 6.49. The van der Waals surface area contributed by atoms with E-state index in [1.807, 2.05) is 44.9 Å².